The Morgan fingerprint density at radius 1 is 1.53 bits per heavy atom. The fourth-order valence-corrected chi connectivity index (χ4v) is 2.41. The van der Waals surface area contributed by atoms with E-state index in [2.05, 4.69) is 37.1 Å². The maximum absolute atomic E-state index is 5.39. The second kappa shape index (κ2) is 5.69. The van der Waals surface area contributed by atoms with Gasteiger partial charge in [-0.15, -0.1) is 0 Å². The molecular weight excluding hydrogens is 212 g/mol. The molecule has 3 heteroatoms. The summed E-state index contributed by atoms with van der Waals surface area (Å²) in [6.45, 7) is 10.2. The smallest absolute Gasteiger partial charge is 0.105 e. The summed E-state index contributed by atoms with van der Waals surface area (Å²) < 4.78 is 5.39. The largest absolute Gasteiger partial charge is 0.469 e. The molecule has 96 valence electrons. The van der Waals surface area contributed by atoms with Crippen LogP contribution in [0.25, 0.3) is 0 Å². The number of hydrogen-bond donors (Lipinski definition) is 1. The molecule has 2 heterocycles. The minimum atomic E-state index is 0.625. The molecule has 2 atom stereocenters. The van der Waals surface area contributed by atoms with Crippen molar-refractivity contribution in [2.24, 2.45) is 5.92 Å². The first-order chi connectivity index (χ1) is 8.16. The molecule has 1 fully saturated rings. The zero-order chi connectivity index (χ0) is 12.3. The molecule has 1 saturated heterocycles. The van der Waals surface area contributed by atoms with Gasteiger partial charge >= 0.3 is 0 Å². The monoisotopic (exact) mass is 236 g/mol. The van der Waals surface area contributed by atoms with Gasteiger partial charge in [-0.2, -0.15) is 0 Å². The standard InChI is InChI=1S/C14H24N2O/c1-11(2)14-10-16(12(3)9-15-14)7-6-13-5-4-8-17-13/h4-5,8,11-12,14-15H,6-7,9-10H2,1-3H3. The molecule has 0 saturated carbocycles. The van der Waals surface area contributed by atoms with Crippen molar-refractivity contribution < 1.29 is 4.42 Å². The van der Waals surface area contributed by atoms with E-state index >= 15 is 0 Å². The van der Waals surface area contributed by atoms with Crippen molar-refractivity contribution in [2.75, 3.05) is 19.6 Å². The third kappa shape index (κ3) is 3.33. The van der Waals surface area contributed by atoms with Crippen LogP contribution < -0.4 is 5.32 Å². The quantitative estimate of drug-likeness (QED) is 0.868. The first-order valence-electron chi connectivity index (χ1n) is 6.66. The lowest BCUT2D eigenvalue weighted by atomic mass is 9.99. The second-order valence-corrected chi connectivity index (χ2v) is 5.43. The summed E-state index contributed by atoms with van der Waals surface area (Å²) in [6, 6.07) is 5.28. The van der Waals surface area contributed by atoms with Gasteiger partial charge in [0.2, 0.25) is 0 Å². The lowest BCUT2D eigenvalue weighted by molar-refractivity contribution is 0.123. The van der Waals surface area contributed by atoms with Crippen LogP contribution in [0.5, 0.6) is 0 Å². The topological polar surface area (TPSA) is 28.4 Å². The van der Waals surface area contributed by atoms with Gasteiger partial charge < -0.3 is 9.73 Å². The molecule has 3 nitrogen and oxygen atoms in total. The maximum atomic E-state index is 5.39. The predicted molar refractivity (Wildman–Crippen MR) is 70.1 cm³/mol. The second-order valence-electron chi connectivity index (χ2n) is 5.43. The molecule has 0 aliphatic carbocycles. The summed E-state index contributed by atoms with van der Waals surface area (Å²) in [5, 5.41) is 3.63. The molecule has 1 aromatic heterocycles. The van der Waals surface area contributed by atoms with Crippen LogP contribution in [0.1, 0.15) is 26.5 Å². The van der Waals surface area contributed by atoms with E-state index in [1.165, 1.54) is 0 Å². The van der Waals surface area contributed by atoms with Gasteiger partial charge in [0.05, 0.1) is 6.26 Å². The lowest BCUT2D eigenvalue weighted by Crippen LogP contribution is -2.57. The van der Waals surface area contributed by atoms with E-state index in [1.54, 1.807) is 6.26 Å². The van der Waals surface area contributed by atoms with Gasteiger partial charge in [0, 0.05) is 38.1 Å². The van der Waals surface area contributed by atoms with E-state index in [4.69, 9.17) is 4.42 Å². The summed E-state index contributed by atoms with van der Waals surface area (Å²) >= 11 is 0. The Bertz CT molecular complexity index is 321. The number of hydrogen-bond acceptors (Lipinski definition) is 3. The van der Waals surface area contributed by atoms with Crippen LogP contribution in [-0.2, 0) is 6.42 Å². The Hall–Kier alpha value is -0.800. The van der Waals surface area contributed by atoms with Crippen molar-refractivity contribution in [1.82, 2.24) is 10.2 Å². The van der Waals surface area contributed by atoms with Crippen LogP contribution in [-0.4, -0.2) is 36.6 Å². The zero-order valence-corrected chi connectivity index (χ0v) is 11.1. The van der Waals surface area contributed by atoms with Crippen molar-refractivity contribution in [3.63, 3.8) is 0 Å². The highest BCUT2D eigenvalue weighted by molar-refractivity contribution is 4.99. The number of nitrogens with zero attached hydrogens (tertiary/aromatic N) is 1. The van der Waals surface area contributed by atoms with Crippen molar-refractivity contribution >= 4 is 0 Å². The molecular formula is C14H24N2O. The van der Waals surface area contributed by atoms with Gasteiger partial charge in [-0.05, 0) is 25.0 Å². The van der Waals surface area contributed by atoms with Crippen molar-refractivity contribution in [3.8, 4) is 0 Å². The van der Waals surface area contributed by atoms with E-state index in [9.17, 15) is 0 Å². The molecule has 0 aromatic carbocycles. The van der Waals surface area contributed by atoms with Gasteiger partial charge in [0.15, 0.2) is 0 Å². The fraction of sp³-hybridized carbons (Fsp3) is 0.714. The first-order valence-corrected chi connectivity index (χ1v) is 6.66. The Balaban J connectivity index is 1.85. The Kier molecular flexibility index (Phi) is 4.24. The van der Waals surface area contributed by atoms with Crippen LogP contribution >= 0.6 is 0 Å². The Morgan fingerprint density at radius 2 is 2.35 bits per heavy atom. The molecule has 17 heavy (non-hydrogen) atoms. The van der Waals surface area contributed by atoms with Crippen molar-refractivity contribution in [1.29, 1.82) is 0 Å². The van der Waals surface area contributed by atoms with Crippen LogP contribution in [0.4, 0.5) is 0 Å². The van der Waals surface area contributed by atoms with Crippen LogP contribution in [0.3, 0.4) is 0 Å². The molecule has 2 rings (SSSR count). The Labute approximate surface area is 104 Å². The highest BCUT2D eigenvalue weighted by atomic mass is 16.3. The Morgan fingerprint density at radius 3 is 3.00 bits per heavy atom. The molecule has 2 unspecified atom stereocenters. The minimum Gasteiger partial charge on any atom is -0.469 e. The normalized spacial score (nSPS) is 26.6. The van der Waals surface area contributed by atoms with Gasteiger partial charge in [-0.25, -0.2) is 0 Å². The summed E-state index contributed by atoms with van der Waals surface area (Å²) in [5.41, 5.74) is 0. The number of furan rings is 1. The zero-order valence-electron chi connectivity index (χ0n) is 11.1. The van der Waals surface area contributed by atoms with E-state index < -0.39 is 0 Å². The number of rotatable bonds is 4. The molecule has 1 aliphatic heterocycles. The van der Waals surface area contributed by atoms with Crippen LogP contribution in [0.2, 0.25) is 0 Å². The van der Waals surface area contributed by atoms with Crippen molar-refractivity contribution in [3.05, 3.63) is 24.2 Å². The average molecular weight is 236 g/mol. The molecule has 0 bridgehead atoms. The molecule has 0 radical (unpaired) electrons. The third-order valence-electron chi connectivity index (χ3n) is 3.76. The van der Waals surface area contributed by atoms with E-state index in [0.717, 1.165) is 31.8 Å². The van der Waals surface area contributed by atoms with E-state index in [-0.39, 0.29) is 0 Å². The fourth-order valence-electron chi connectivity index (χ4n) is 2.41. The lowest BCUT2D eigenvalue weighted by Gasteiger charge is -2.40. The molecule has 0 spiro atoms. The van der Waals surface area contributed by atoms with E-state index in [1.807, 2.05) is 6.07 Å². The summed E-state index contributed by atoms with van der Waals surface area (Å²) in [7, 11) is 0. The summed E-state index contributed by atoms with van der Waals surface area (Å²) in [6.07, 6.45) is 2.77. The highest BCUT2D eigenvalue weighted by Gasteiger charge is 2.26. The van der Waals surface area contributed by atoms with Gasteiger partial charge in [-0.3, -0.25) is 4.90 Å². The minimum absolute atomic E-state index is 0.625. The maximum Gasteiger partial charge on any atom is 0.105 e. The first kappa shape index (κ1) is 12.7. The average Bonchev–Trinajstić information content (AvgIpc) is 2.80. The summed E-state index contributed by atoms with van der Waals surface area (Å²) in [4.78, 5) is 2.57. The summed E-state index contributed by atoms with van der Waals surface area (Å²) in [5.74, 6) is 1.80. The third-order valence-corrected chi connectivity index (χ3v) is 3.76. The highest BCUT2D eigenvalue weighted by Crippen LogP contribution is 2.13. The number of nitrogens with one attached hydrogen (secondary N) is 1. The van der Waals surface area contributed by atoms with Crippen LogP contribution in [0, 0.1) is 5.92 Å². The van der Waals surface area contributed by atoms with Gasteiger partial charge in [0.1, 0.15) is 5.76 Å². The SMILES string of the molecule is CC(C)C1CN(CCc2ccco2)C(C)CN1. The van der Waals surface area contributed by atoms with Crippen LogP contribution in [0.15, 0.2) is 22.8 Å². The molecule has 1 aromatic rings. The van der Waals surface area contributed by atoms with Crippen molar-refractivity contribution in [2.45, 2.75) is 39.3 Å². The predicted octanol–water partition coefficient (Wildman–Crippen LogP) is 2.14. The van der Waals surface area contributed by atoms with E-state index in [0.29, 0.717) is 18.0 Å². The number of piperazine rings is 1. The molecule has 0 amide bonds. The molecule has 1 N–H and O–H groups in total. The van der Waals surface area contributed by atoms with Gasteiger partial charge in [-0.1, -0.05) is 13.8 Å². The van der Waals surface area contributed by atoms with Gasteiger partial charge in [0.25, 0.3) is 0 Å². The molecule has 1 aliphatic rings.